The molecule has 0 saturated heterocycles. The Morgan fingerprint density at radius 2 is 2.07 bits per heavy atom. The number of benzene rings is 2. The maximum absolute atomic E-state index is 11.4. The standard InChI is InChI=1S/C24H24N2O2/c1-4-13-24(5-2,16-25)20-7-6-8-21(15-20)28-17(3)18-9-11-22-19(14-18)10-12-23(27)26-22/h4,6-12,14-15,17H,1,5,13H2,2-3H3,(H,26,27). The lowest BCUT2D eigenvalue weighted by atomic mass is 9.77. The second-order valence-corrected chi connectivity index (χ2v) is 7.00. The van der Waals surface area contributed by atoms with E-state index in [4.69, 9.17) is 4.74 Å². The zero-order valence-corrected chi connectivity index (χ0v) is 16.2. The number of aromatic amines is 1. The molecule has 4 heteroatoms. The average Bonchev–Trinajstić information content (AvgIpc) is 2.72. The maximum atomic E-state index is 11.4. The van der Waals surface area contributed by atoms with E-state index < -0.39 is 5.41 Å². The lowest BCUT2D eigenvalue weighted by Crippen LogP contribution is -2.22. The number of hydrogen-bond donors (Lipinski definition) is 1. The van der Waals surface area contributed by atoms with Crippen molar-refractivity contribution in [3.05, 3.63) is 88.7 Å². The smallest absolute Gasteiger partial charge is 0.248 e. The fourth-order valence-corrected chi connectivity index (χ4v) is 3.47. The number of nitrogens with zero attached hydrogens (tertiary/aromatic N) is 1. The highest BCUT2D eigenvalue weighted by Crippen LogP contribution is 2.34. The molecule has 1 heterocycles. The Morgan fingerprint density at radius 3 is 2.79 bits per heavy atom. The Kier molecular flexibility index (Phi) is 5.65. The molecule has 1 N–H and O–H groups in total. The quantitative estimate of drug-likeness (QED) is 0.564. The third-order valence-corrected chi connectivity index (χ3v) is 5.23. The van der Waals surface area contributed by atoms with E-state index in [1.165, 1.54) is 6.07 Å². The van der Waals surface area contributed by atoms with Crippen LogP contribution < -0.4 is 10.3 Å². The summed E-state index contributed by atoms with van der Waals surface area (Å²) in [6, 6.07) is 19.4. The molecule has 4 nitrogen and oxygen atoms in total. The molecule has 3 aromatic rings. The van der Waals surface area contributed by atoms with Crippen molar-refractivity contribution in [1.29, 1.82) is 5.26 Å². The predicted molar refractivity (Wildman–Crippen MR) is 112 cm³/mol. The van der Waals surface area contributed by atoms with Crippen LogP contribution >= 0.6 is 0 Å². The van der Waals surface area contributed by atoms with E-state index in [0.717, 1.165) is 27.8 Å². The number of pyridine rings is 1. The van der Waals surface area contributed by atoms with Gasteiger partial charge in [-0.2, -0.15) is 5.26 Å². The zero-order chi connectivity index (χ0) is 20.1. The van der Waals surface area contributed by atoms with Gasteiger partial charge < -0.3 is 9.72 Å². The highest BCUT2D eigenvalue weighted by Gasteiger charge is 2.29. The van der Waals surface area contributed by atoms with Crippen molar-refractivity contribution in [3.63, 3.8) is 0 Å². The summed E-state index contributed by atoms with van der Waals surface area (Å²) < 4.78 is 6.17. The van der Waals surface area contributed by atoms with Gasteiger partial charge in [-0.3, -0.25) is 4.79 Å². The number of hydrogen-bond acceptors (Lipinski definition) is 3. The summed E-state index contributed by atoms with van der Waals surface area (Å²) in [5, 5.41) is 10.7. The van der Waals surface area contributed by atoms with Gasteiger partial charge >= 0.3 is 0 Å². The van der Waals surface area contributed by atoms with Crippen molar-refractivity contribution in [2.24, 2.45) is 0 Å². The van der Waals surface area contributed by atoms with Crippen LogP contribution in [0.15, 0.2) is 72.0 Å². The predicted octanol–water partition coefficient (Wildman–Crippen LogP) is 5.42. The Labute approximate surface area is 165 Å². The third kappa shape index (κ3) is 3.84. The minimum atomic E-state index is -0.584. The van der Waals surface area contributed by atoms with Gasteiger partial charge in [0.25, 0.3) is 0 Å². The molecule has 1 aromatic heterocycles. The van der Waals surface area contributed by atoms with Crippen molar-refractivity contribution >= 4 is 10.9 Å². The van der Waals surface area contributed by atoms with E-state index in [9.17, 15) is 10.1 Å². The summed E-state index contributed by atoms with van der Waals surface area (Å²) in [4.78, 5) is 14.3. The lowest BCUT2D eigenvalue weighted by molar-refractivity contribution is 0.226. The Hall–Kier alpha value is -3.32. The second-order valence-electron chi connectivity index (χ2n) is 7.00. The van der Waals surface area contributed by atoms with Crippen LogP contribution in [0.3, 0.4) is 0 Å². The number of nitrogens with one attached hydrogen (secondary N) is 1. The van der Waals surface area contributed by atoms with E-state index >= 15 is 0 Å². The van der Waals surface area contributed by atoms with Crippen LogP contribution in [0.2, 0.25) is 0 Å². The maximum Gasteiger partial charge on any atom is 0.248 e. The molecule has 0 aliphatic carbocycles. The summed E-state index contributed by atoms with van der Waals surface area (Å²) in [5.41, 5.74) is 2.06. The molecule has 0 aliphatic rings. The largest absolute Gasteiger partial charge is 0.486 e. The van der Waals surface area contributed by atoms with Crippen molar-refractivity contribution in [2.75, 3.05) is 0 Å². The SMILES string of the molecule is C=CCC(C#N)(CC)c1cccc(OC(C)c2ccc3[nH]c(=O)ccc3c2)c1. The molecule has 0 amide bonds. The first-order valence-electron chi connectivity index (χ1n) is 9.43. The molecule has 0 saturated carbocycles. The number of fused-ring (bicyclic) bond motifs is 1. The van der Waals surface area contributed by atoms with Crippen LogP contribution in [0, 0.1) is 11.3 Å². The van der Waals surface area contributed by atoms with Crippen LogP contribution in [-0.2, 0) is 5.41 Å². The van der Waals surface area contributed by atoms with Gasteiger partial charge in [-0.15, -0.1) is 6.58 Å². The van der Waals surface area contributed by atoms with Gasteiger partial charge in [0.05, 0.1) is 11.5 Å². The molecule has 3 rings (SSSR count). The highest BCUT2D eigenvalue weighted by molar-refractivity contribution is 5.79. The molecule has 142 valence electrons. The van der Waals surface area contributed by atoms with E-state index in [-0.39, 0.29) is 11.7 Å². The topological polar surface area (TPSA) is 65.9 Å². The number of rotatable bonds is 7. The second kappa shape index (κ2) is 8.14. The fraction of sp³-hybridized carbons (Fsp3) is 0.250. The first-order chi connectivity index (χ1) is 13.5. The molecule has 0 radical (unpaired) electrons. The average molecular weight is 372 g/mol. The molecule has 0 fully saturated rings. The Balaban J connectivity index is 1.87. The van der Waals surface area contributed by atoms with Gasteiger partial charge in [-0.1, -0.05) is 31.2 Å². The Bertz CT molecular complexity index is 1090. The molecule has 0 bridgehead atoms. The van der Waals surface area contributed by atoms with Crippen molar-refractivity contribution < 1.29 is 4.74 Å². The number of nitriles is 1. The molecule has 0 aliphatic heterocycles. The minimum absolute atomic E-state index is 0.113. The van der Waals surface area contributed by atoms with Crippen LogP contribution in [-0.4, -0.2) is 4.98 Å². The molecule has 0 spiro atoms. The molecule has 2 unspecified atom stereocenters. The first kappa shape index (κ1) is 19.4. The fourth-order valence-electron chi connectivity index (χ4n) is 3.47. The number of aromatic nitrogens is 1. The van der Waals surface area contributed by atoms with Crippen LogP contribution in [0.1, 0.15) is 43.9 Å². The van der Waals surface area contributed by atoms with Crippen LogP contribution in [0.25, 0.3) is 10.9 Å². The molecular weight excluding hydrogens is 348 g/mol. The van der Waals surface area contributed by atoms with Gasteiger partial charge in [0, 0.05) is 11.6 Å². The van der Waals surface area contributed by atoms with Gasteiger partial charge in [0.15, 0.2) is 0 Å². The summed E-state index contributed by atoms with van der Waals surface area (Å²) in [7, 11) is 0. The summed E-state index contributed by atoms with van der Waals surface area (Å²) in [5.74, 6) is 0.726. The lowest BCUT2D eigenvalue weighted by Gasteiger charge is -2.25. The van der Waals surface area contributed by atoms with Crippen LogP contribution in [0.4, 0.5) is 0 Å². The van der Waals surface area contributed by atoms with E-state index in [2.05, 4.69) is 17.6 Å². The number of H-pyrrole nitrogens is 1. The minimum Gasteiger partial charge on any atom is -0.486 e. The number of allylic oxidation sites excluding steroid dienone is 1. The molecule has 28 heavy (non-hydrogen) atoms. The molecular formula is C24H24N2O2. The Morgan fingerprint density at radius 1 is 1.25 bits per heavy atom. The van der Waals surface area contributed by atoms with Gasteiger partial charge in [-0.05, 0) is 66.6 Å². The summed E-state index contributed by atoms with van der Waals surface area (Å²) in [6.07, 6.45) is 2.92. The van der Waals surface area contributed by atoms with Crippen molar-refractivity contribution in [3.8, 4) is 11.8 Å². The first-order valence-corrected chi connectivity index (χ1v) is 9.43. The molecule has 2 atom stereocenters. The number of ether oxygens (including phenoxy) is 1. The monoisotopic (exact) mass is 372 g/mol. The van der Waals surface area contributed by atoms with E-state index in [1.807, 2.05) is 62.4 Å². The molecule has 2 aromatic carbocycles. The third-order valence-electron chi connectivity index (χ3n) is 5.23. The zero-order valence-electron chi connectivity index (χ0n) is 16.2. The van der Waals surface area contributed by atoms with Crippen molar-refractivity contribution in [2.45, 2.75) is 38.2 Å². The normalized spacial score (nSPS) is 14.0. The van der Waals surface area contributed by atoms with E-state index in [1.54, 1.807) is 6.08 Å². The van der Waals surface area contributed by atoms with Gasteiger partial charge in [0.1, 0.15) is 11.9 Å². The summed E-state index contributed by atoms with van der Waals surface area (Å²) >= 11 is 0. The van der Waals surface area contributed by atoms with Gasteiger partial charge in [0.2, 0.25) is 5.56 Å². The van der Waals surface area contributed by atoms with Crippen LogP contribution in [0.5, 0.6) is 5.75 Å². The van der Waals surface area contributed by atoms with Gasteiger partial charge in [-0.25, -0.2) is 0 Å². The summed E-state index contributed by atoms with van der Waals surface area (Å²) in [6.45, 7) is 7.81. The van der Waals surface area contributed by atoms with E-state index in [0.29, 0.717) is 12.8 Å². The van der Waals surface area contributed by atoms with Crippen molar-refractivity contribution in [1.82, 2.24) is 4.98 Å². The highest BCUT2D eigenvalue weighted by atomic mass is 16.5.